The van der Waals surface area contributed by atoms with Crippen molar-refractivity contribution in [2.75, 3.05) is 31.4 Å². The van der Waals surface area contributed by atoms with Gasteiger partial charge in [0.2, 0.25) is 0 Å². The van der Waals surface area contributed by atoms with Gasteiger partial charge in [-0.15, -0.1) is 0 Å². The minimum absolute atomic E-state index is 0.293. The predicted molar refractivity (Wildman–Crippen MR) is 131 cm³/mol. The predicted octanol–water partition coefficient (Wildman–Crippen LogP) is 4.40. The van der Waals surface area contributed by atoms with Gasteiger partial charge in [0.05, 0.1) is 24.5 Å². The van der Waals surface area contributed by atoms with E-state index in [9.17, 15) is 4.79 Å². The Morgan fingerprint density at radius 1 is 1.03 bits per heavy atom. The number of methoxy groups -OCH3 is 1. The highest BCUT2D eigenvalue weighted by molar-refractivity contribution is 5.90. The number of nitrogens with zero attached hydrogens (tertiary/aromatic N) is 4. The fourth-order valence-corrected chi connectivity index (χ4v) is 3.54. The summed E-state index contributed by atoms with van der Waals surface area (Å²) in [5, 5.41) is 6.22. The second-order valence-electron chi connectivity index (χ2n) is 7.72. The fourth-order valence-electron chi connectivity index (χ4n) is 3.54. The summed E-state index contributed by atoms with van der Waals surface area (Å²) in [6, 6.07) is 13.6. The Balaban J connectivity index is 1.57. The Kier molecular flexibility index (Phi) is 6.35. The average Bonchev–Trinajstić information content (AvgIpc) is 2.85. The molecule has 168 valence electrons. The molecule has 8 nitrogen and oxygen atoms in total. The van der Waals surface area contributed by atoms with Crippen molar-refractivity contribution in [3.63, 3.8) is 0 Å². The fraction of sp³-hybridized carbons (Fsp3) is 0.200. The number of rotatable bonds is 6. The molecule has 33 heavy (non-hydrogen) atoms. The van der Waals surface area contributed by atoms with E-state index in [1.165, 1.54) is 0 Å². The Morgan fingerprint density at radius 2 is 1.82 bits per heavy atom. The van der Waals surface area contributed by atoms with E-state index >= 15 is 0 Å². The average molecular weight is 443 g/mol. The molecule has 0 spiro atoms. The standard InChI is InChI=1S/C25H26N6O2/c1-16-22(10-20(14-27-16)30-25(32)26-2)18-9-19-13-29-24(11-23(19)28-12-18)31(3)15-17-5-7-21(33-4)8-6-17/h5-14H,15H2,1-4H3,(H2,26,30,32). The van der Waals surface area contributed by atoms with Crippen molar-refractivity contribution in [2.24, 2.45) is 0 Å². The highest BCUT2D eigenvalue weighted by Crippen LogP contribution is 2.28. The molecule has 0 radical (unpaired) electrons. The lowest BCUT2D eigenvalue weighted by Gasteiger charge is -2.19. The molecule has 3 heterocycles. The van der Waals surface area contributed by atoms with Crippen LogP contribution in [0.25, 0.3) is 22.0 Å². The van der Waals surface area contributed by atoms with Gasteiger partial charge in [0.1, 0.15) is 11.6 Å². The summed E-state index contributed by atoms with van der Waals surface area (Å²) in [5.74, 6) is 1.68. The highest BCUT2D eigenvalue weighted by Gasteiger charge is 2.10. The van der Waals surface area contributed by atoms with E-state index in [0.29, 0.717) is 5.69 Å². The number of ether oxygens (including phenoxy) is 1. The van der Waals surface area contributed by atoms with Gasteiger partial charge < -0.3 is 20.3 Å². The number of aromatic nitrogens is 3. The number of fused-ring (bicyclic) bond motifs is 1. The zero-order valence-electron chi connectivity index (χ0n) is 19.1. The molecule has 1 aromatic carbocycles. The smallest absolute Gasteiger partial charge is 0.319 e. The molecule has 2 amide bonds. The zero-order valence-corrected chi connectivity index (χ0v) is 19.1. The first kappa shape index (κ1) is 22.0. The number of aryl methyl sites for hydroxylation is 1. The number of urea groups is 1. The molecule has 4 rings (SSSR count). The molecule has 0 aliphatic rings. The molecule has 0 aliphatic heterocycles. The molecule has 4 aromatic rings. The van der Waals surface area contributed by atoms with Crippen LogP contribution in [0, 0.1) is 6.92 Å². The summed E-state index contributed by atoms with van der Waals surface area (Å²) in [6.45, 7) is 2.65. The summed E-state index contributed by atoms with van der Waals surface area (Å²) in [4.78, 5) is 27.4. The van der Waals surface area contributed by atoms with Crippen LogP contribution < -0.4 is 20.3 Å². The lowest BCUT2D eigenvalue weighted by molar-refractivity contribution is 0.254. The van der Waals surface area contributed by atoms with E-state index in [1.807, 2.05) is 68.8 Å². The number of carbonyl (C=O) groups excluding carboxylic acids is 1. The monoisotopic (exact) mass is 442 g/mol. The molecule has 0 atom stereocenters. The molecule has 0 unspecified atom stereocenters. The largest absolute Gasteiger partial charge is 0.497 e. The van der Waals surface area contributed by atoms with Crippen molar-refractivity contribution >= 4 is 28.4 Å². The van der Waals surface area contributed by atoms with Crippen molar-refractivity contribution < 1.29 is 9.53 Å². The van der Waals surface area contributed by atoms with Gasteiger partial charge in [-0.25, -0.2) is 9.78 Å². The maximum Gasteiger partial charge on any atom is 0.319 e. The first-order chi connectivity index (χ1) is 16.0. The normalized spacial score (nSPS) is 10.7. The zero-order chi connectivity index (χ0) is 23.4. The van der Waals surface area contributed by atoms with Crippen LogP contribution >= 0.6 is 0 Å². The number of hydrogen-bond acceptors (Lipinski definition) is 6. The second kappa shape index (κ2) is 9.52. The Labute approximate surface area is 192 Å². The second-order valence-corrected chi connectivity index (χ2v) is 7.72. The third-order valence-electron chi connectivity index (χ3n) is 5.40. The number of pyridine rings is 3. The highest BCUT2D eigenvalue weighted by atomic mass is 16.5. The van der Waals surface area contributed by atoms with Gasteiger partial charge in [-0.05, 0) is 36.8 Å². The first-order valence-electron chi connectivity index (χ1n) is 10.5. The minimum Gasteiger partial charge on any atom is -0.497 e. The summed E-state index contributed by atoms with van der Waals surface area (Å²) >= 11 is 0. The van der Waals surface area contributed by atoms with E-state index < -0.39 is 0 Å². The van der Waals surface area contributed by atoms with Crippen molar-refractivity contribution in [3.8, 4) is 16.9 Å². The Bertz CT molecular complexity index is 1290. The molecule has 3 aromatic heterocycles. The van der Waals surface area contributed by atoms with Gasteiger partial charge in [-0.3, -0.25) is 9.97 Å². The lowest BCUT2D eigenvalue weighted by atomic mass is 10.0. The molecular weight excluding hydrogens is 416 g/mol. The van der Waals surface area contributed by atoms with Gasteiger partial charge in [-0.2, -0.15) is 0 Å². The van der Waals surface area contributed by atoms with E-state index in [1.54, 1.807) is 20.4 Å². The number of hydrogen-bond donors (Lipinski definition) is 2. The summed E-state index contributed by atoms with van der Waals surface area (Å²) in [6.07, 6.45) is 5.29. The van der Waals surface area contributed by atoms with Crippen LogP contribution in [0.3, 0.4) is 0 Å². The van der Waals surface area contributed by atoms with Crippen molar-refractivity contribution in [2.45, 2.75) is 13.5 Å². The van der Waals surface area contributed by atoms with Crippen molar-refractivity contribution in [1.82, 2.24) is 20.3 Å². The maximum absolute atomic E-state index is 11.6. The van der Waals surface area contributed by atoms with Gasteiger partial charge in [0.15, 0.2) is 0 Å². The van der Waals surface area contributed by atoms with Crippen molar-refractivity contribution in [3.05, 3.63) is 72.3 Å². The number of nitrogens with one attached hydrogen (secondary N) is 2. The van der Waals surface area contributed by atoms with Crippen LogP contribution in [0.4, 0.5) is 16.3 Å². The molecule has 0 saturated carbocycles. The van der Waals surface area contributed by atoms with Crippen LogP contribution in [0.15, 0.2) is 61.1 Å². The Hall–Kier alpha value is -4.20. The lowest BCUT2D eigenvalue weighted by Crippen LogP contribution is -2.24. The molecule has 0 bridgehead atoms. The van der Waals surface area contributed by atoms with Crippen LogP contribution in [0.5, 0.6) is 5.75 Å². The molecule has 8 heteroatoms. The Morgan fingerprint density at radius 3 is 2.55 bits per heavy atom. The first-order valence-corrected chi connectivity index (χ1v) is 10.5. The third kappa shape index (κ3) is 5.01. The number of amides is 2. The van der Waals surface area contributed by atoms with Gasteiger partial charge >= 0.3 is 6.03 Å². The van der Waals surface area contributed by atoms with Crippen LogP contribution in [0.2, 0.25) is 0 Å². The van der Waals surface area contributed by atoms with E-state index in [-0.39, 0.29) is 6.03 Å². The minimum atomic E-state index is -0.293. The number of carbonyl (C=O) groups is 1. The third-order valence-corrected chi connectivity index (χ3v) is 5.40. The van der Waals surface area contributed by atoms with Crippen molar-refractivity contribution in [1.29, 1.82) is 0 Å². The summed E-state index contributed by atoms with van der Waals surface area (Å²) in [7, 11) is 5.24. The van der Waals surface area contributed by atoms with E-state index in [4.69, 9.17) is 4.74 Å². The van der Waals surface area contributed by atoms with Gasteiger partial charge in [0, 0.05) is 61.3 Å². The van der Waals surface area contributed by atoms with E-state index in [2.05, 4.69) is 30.5 Å². The quantitative estimate of drug-likeness (QED) is 0.460. The van der Waals surface area contributed by atoms with Crippen LogP contribution in [-0.4, -0.2) is 42.2 Å². The van der Waals surface area contributed by atoms with Gasteiger partial charge in [-0.1, -0.05) is 12.1 Å². The molecule has 0 fully saturated rings. The SMILES string of the molecule is CNC(=O)Nc1cnc(C)c(-c2cnc3cc(N(C)Cc4ccc(OC)cc4)ncc3c2)c1. The molecular formula is C25H26N6O2. The molecule has 2 N–H and O–H groups in total. The summed E-state index contributed by atoms with van der Waals surface area (Å²) < 4.78 is 5.23. The van der Waals surface area contributed by atoms with Gasteiger partial charge in [0.25, 0.3) is 0 Å². The van der Waals surface area contributed by atoms with E-state index in [0.717, 1.165) is 51.4 Å². The number of anilines is 2. The van der Waals surface area contributed by atoms with Crippen LogP contribution in [0.1, 0.15) is 11.3 Å². The van der Waals surface area contributed by atoms with Crippen LogP contribution in [-0.2, 0) is 6.54 Å². The number of benzene rings is 1. The molecule has 0 saturated heterocycles. The topological polar surface area (TPSA) is 92.3 Å². The maximum atomic E-state index is 11.6. The summed E-state index contributed by atoms with van der Waals surface area (Å²) in [5.41, 5.74) is 5.30. The molecule has 0 aliphatic carbocycles.